The smallest absolute Gasteiger partial charge is 0.297 e. The van der Waals surface area contributed by atoms with E-state index in [-0.39, 0.29) is 19.2 Å². The van der Waals surface area contributed by atoms with Crippen LogP contribution in [0, 0.1) is 0 Å². The number of alkyl halides is 6. The number of hydrogen-bond acceptors (Lipinski definition) is 4. The molecule has 0 N–H and O–H groups in total. The third kappa shape index (κ3) is 1.71. The van der Waals surface area contributed by atoms with Gasteiger partial charge in [-0.05, 0) is 12.1 Å². The molecule has 0 unspecified atom stereocenters. The maximum Gasteiger partial charge on any atom is 0.380 e. The van der Waals surface area contributed by atoms with Crippen LogP contribution < -0.4 is 0 Å². The van der Waals surface area contributed by atoms with E-state index in [1.54, 1.807) is 0 Å². The summed E-state index contributed by atoms with van der Waals surface area (Å²) in [7, 11) is 0. The Balaban J connectivity index is 2.33. The molecule has 3 aromatic rings. The summed E-state index contributed by atoms with van der Waals surface area (Å²) in [4.78, 5) is 21.8. The molecular weight excluding hydrogens is 390 g/mol. The first kappa shape index (κ1) is 16.5. The van der Waals surface area contributed by atoms with Crippen LogP contribution in [0.2, 0.25) is 0 Å². The first-order valence-electron chi connectivity index (χ1n) is 6.65. The minimum Gasteiger partial charge on any atom is -0.297 e. The second kappa shape index (κ2) is 4.61. The number of carbonyl (C=O) groups is 2. The first-order valence-corrected chi connectivity index (χ1v) is 8.29. The Labute approximate surface area is 142 Å². The Hall–Kier alpha value is -1.94. The normalized spacial score (nSPS) is 20.1. The molecule has 2 nitrogen and oxygen atoms in total. The Morgan fingerprint density at radius 3 is 1.40 bits per heavy atom. The zero-order valence-electron chi connectivity index (χ0n) is 11.7. The molecule has 0 spiro atoms. The van der Waals surface area contributed by atoms with Crippen LogP contribution in [0.5, 0.6) is 0 Å². The van der Waals surface area contributed by atoms with Gasteiger partial charge in [-0.25, -0.2) is 0 Å². The van der Waals surface area contributed by atoms with Crippen LogP contribution in [0.4, 0.5) is 26.3 Å². The van der Waals surface area contributed by atoms with Gasteiger partial charge in [0.15, 0.2) is 12.6 Å². The molecule has 25 heavy (non-hydrogen) atoms. The van der Waals surface area contributed by atoms with Crippen molar-refractivity contribution in [1.82, 2.24) is 0 Å². The zero-order valence-corrected chi connectivity index (χ0v) is 13.3. The monoisotopic (exact) mass is 394 g/mol. The van der Waals surface area contributed by atoms with Crippen LogP contribution >= 0.6 is 22.7 Å². The highest BCUT2D eigenvalue weighted by Crippen LogP contribution is 2.66. The number of hydrogen-bond donors (Lipinski definition) is 0. The van der Waals surface area contributed by atoms with Gasteiger partial charge in [0.25, 0.3) is 0 Å². The zero-order chi connectivity index (χ0) is 18.4. The van der Waals surface area contributed by atoms with Gasteiger partial charge in [-0.3, -0.25) is 9.59 Å². The summed E-state index contributed by atoms with van der Waals surface area (Å²) in [5.41, 5.74) is -2.96. The van der Waals surface area contributed by atoms with Crippen LogP contribution in [0.25, 0.3) is 20.2 Å². The number of carbonyl (C=O) groups excluding carboxylic acids is 2. The lowest BCUT2D eigenvalue weighted by Gasteiger charge is -2.23. The fourth-order valence-electron chi connectivity index (χ4n) is 3.08. The van der Waals surface area contributed by atoms with Crippen molar-refractivity contribution in [2.45, 2.75) is 17.8 Å². The molecule has 0 aliphatic heterocycles. The fourth-order valence-corrected chi connectivity index (χ4v) is 5.20. The van der Waals surface area contributed by atoms with Gasteiger partial charge in [0.05, 0.1) is 19.2 Å². The average Bonchev–Trinajstić information content (AvgIpc) is 3.17. The van der Waals surface area contributed by atoms with Crippen molar-refractivity contribution in [3.8, 4) is 0 Å². The molecule has 2 heterocycles. The van der Waals surface area contributed by atoms with Gasteiger partial charge in [0.1, 0.15) is 0 Å². The maximum atomic E-state index is 14.3. The summed E-state index contributed by atoms with van der Waals surface area (Å²) < 4.78 is 85.0. The highest BCUT2D eigenvalue weighted by molar-refractivity contribution is 7.28. The Morgan fingerprint density at radius 1 is 0.720 bits per heavy atom. The van der Waals surface area contributed by atoms with Crippen molar-refractivity contribution in [2.75, 3.05) is 0 Å². The van der Waals surface area contributed by atoms with Crippen molar-refractivity contribution in [2.24, 2.45) is 0 Å². The van der Waals surface area contributed by atoms with E-state index in [1.165, 1.54) is 0 Å². The lowest BCUT2D eigenvalue weighted by Crippen LogP contribution is -2.43. The molecule has 1 aliphatic carbocycles. The Morgan fingerprint density at radius 2 is 1.08 bits per heavy atom. The summed E-state index contributed by atoms with van der Waals surface area (Å²) >= 11 is 1.44. The third-order valence-electron chi connectivity index (χ3n) is 4.15. The summed E-state index contributed by atoms with van der Waals surface area (Å²) in [6, 6.07) is 1.80. The van der Waals surface area contributed by atoms with Crippen molar-refractivity contribution >= 4 is 55.4 Å². The van der Waals surface area contributed by atoms with E-state index in [1.807, 2.05) is 0 Å². The predicted molar refractivity (Wildman–Crippen MR) is 80.7 cm³/mol. The largest absolute Gasteiger partial charge is 0.380 e. The van der Waals surface area contributed by atoms with Crippen LogP contribution in [-0.2, 0) is 11.8 Å². The molecule has 4 rings (SSSR count). The highest BCUT2D eigenvalue weighted by atomic mass is 32.1. The second-order valence-corrected chi connectivity index (χ2v) is 7.66. The SMILES string of the molecule is O=Cc1cc2c3c(c4cc(C=O)sc4c2s1)C(F)(F)C(F)(F)C3(F)F. The van der Waals surface area contributed by atoms with Crippen molar-refractivity contribution < 1.29 is 35.9 Å². The standard InChI is InChI=1S/C15H4F6O2S2/c16-13(17)9-7-1-5(3-22)24-11(7)12-8(2-6(4-23)25-12)10(9)14(18,19)15(13,20)21/h1-4H. The molecule has 0 radical (unpaired) electrons. The molecule has 10 heteroatoms. The number of halogens is 6. The fraction of sp³-hybridized carbons (Fsp3) is 0.200. The second-order valence-electron chi connectivity index (χ2n) is 5.49. The number of rotatable bonds is 2. The molecule has 1 aliphatic rings. The van der Waals surface area contributed by atoms with E-state index in [0.717, 1.165) is 34.8 Å². The van der Waals surface area contributed by atoms with Gasteiger partial charge in [-0.1, -0.05) is 0 Å². The molecule has 1 aromatic carbocycles. The molecule has 130 valence electrons. The Kier molecular flexibility index (Phi) is 3.05. The summed E-state index contributed by atoms with van der Waals surface area (Å²) in [5.74, 6) is -15.9. The molecular formula is C15H4F6O2S2. The number of aldehydes is 2. The highest BCUT2D eigenvalue weighted by Gasteiger charge is 2.80. The average molecular weight is 394 g/mol. The van der Waals surface area contributed by atoms with Crippen molar-refractivity contribution in [3.63, 3.8) is 0 Å². The summed E-state index contributed by atoms with van der Waals surface area (Å²) in [6.07, 6.45) is 0.640. The molecule has 0 fully saturated rings. The quantitative estimate of drug-likeness (QED) is 0.420. The van der Waals surface area contributed by atoms with Crippen LogP contribution in [0.1, 0.15) is 30.5 Å². The van der Waals surface area contributed by atoms with Gasteiger partial charge >= 0.3 is 17.8 Å². The summed E-state index contributed by atoms with van der Waals surface area (Å²) in [6.45, 7) is 0. The number of benzene rings is 1. The van der Waals surface area contributed by atoms with E-state index >= 15 is 0 Å². The predicted octanol–water partition coefficient (Wildman–Crippen LogP) is 5.57. The van der Waals surface area contributed by atoms with Crippen LogP contribution in [0.3, 0.4) is 0 Å². The van der Waals surface area contributed by atoms with Gasteiger partial charge in [0.2, 0.25) is 0 Å². The molecule has 0 amide bonds. The van der Waals surface area contributed by atoms with E-state index in [2.05, 4.69) is 0 Å². The molecule has 0 saturated heterocycles. The van der Waals surface area contributed by atoms with E-state index in [4.69, 9.17) is 0 Å². The number of thiophene rings is 2. The molecule has 0 atom stereocenters. The third-order valence-corrected chi connectivity index (χ3v) is 6.43. The van der Waals surface area contributed by atoms with E-state index < -0.39 is 39.7 Å². The van der Waals surface area contributed by atoms with Gasteiger partial charge < -0.3 is 0 Å². The van der Waals surface area contributed by atoms with Gasteiger partial charge in [-0.2, -0.15) is 26.3 Å². The Bertz CT molecular complexity index is 995. The van der Waals surface area contributed by atoms with Gasteiger partial charge in [0, 0.05) is 21.9 Å². The van der Waals surface area contributed by atoms with E-state index in [0.29, 0.717) is 12.6 Å². The van der Waals surface area contributed by atoms with Crippen molar-refractivity contribution in [1.29, 1.82) is 0 Å². The molecule has 2 aromatic heterocycles. The van der Waals surface area contributed by atoms with Crippen LogP contribution in [-0.4, -0.2) is 18.5 Å². The lowest BCUT2D eigenvalue weighted by molar-refractivity contribution is -0.301. The van der Waals surface area contributed by atoms with Gasteiger partial charge in [-0.15, -0.1) is 22.7 Å². The number of fused-ring (bicyclic) bond motifs is 6. The summed E-state index contributed by atoms with van der Waals surface area (Å²) in [5, 5.41) is -1.04. The minimum atomic E-state index is -5.63. The maximum absolute atomic E-state index is 14.3. The van der Waals surface area contributed by atoms with Crippen molar-refractivity contribution in [3.05, 3.63) is 33.0 Å². The van der Waals surface area contributed by atoms with E-state index in [9.17, 15) is 35.9 Å². The molecule has 0 saturated carbocycles. The lowest BCUT2D eigenvalue weighted by atomic mass is 9.99. The molecule has 0 bridgehead atoms. The van der Waals surface area contributed by atoms with Crippen LogP contribution in [0.15, 0.2) is 12.1 Å². The first-order chi connectivity index (χ1) is 11.6. The minimum absolute atomic E-state index is 0.00197. The topological polar surface area (TPSA) is 34.1 Å².